The van der Waals surface area contributed by atoms with Crippen molar-refractivity contribution in [3.63, 3.8) is 0 Å². The van der Waals surface area contributed by atoms with Crippen molar-refractivity contribution in [3.05, 3.63) is 97.2 Å². The Balaban J connectivity index is 4.50. The van der Waals surface area contributed by atoms with E-state index in [1.165, 1.54) is 109 Å². The molecule has 0 saturated heterocycles. The lowest BCUT2D eigenvalue weighted by Gasteiger charge is -2.18. The molecule has 0 N–H and O–H groups in total. The highest BCUT2D eigenvalue weighted by Gasteiger charge is 2.19. The lowest BCUT2D eigenvalue weighted by Crippen LogP contribution is -2.30. The summed E-state index contributed by atoms with van der Waals surface area (Å²) in [7, 11) is 0. The minimum atomic E-state index is -0.807. The third kappa shape index (κ3) is 53.3. The molecule has 0 unspecified atom stereocenters. The van der Waals surface area contributed by atoms with Crippen molar-refractivity contribution in [2.75, 3.05) is 13.2 Å². The fourth-order valence-corrected chi connectivity index (χ4v) is 7.53. The van der Waals surface area contributed by atoms with Gasteiger partial charge in [-0.3, -0.25) is 14.4 Å². The molecule has 0 aromatic rings. The number of unbranched alkanes of at least 4 members (excludes halogenated alkanes) is 23. The predicted octanol–water partition coefficient (Wildman–Crippen LogP) is 18.9. The van der Waals surface area contributed by atoms with Gasteiger partial charge in [0.25, 0.3) is 0 Å². The Morgan fingerprint density at radius 3 is 0.853 bits per heavy atom. The minimum Gasteiger partial charge on any atom is -0.462 e. The van der Waals surface area contributed by atoms with Crippen molar-refractivity contribution in [2.45, 2.75) is 264 Å². The zero-order chi connectivity index (χ0) is 49.3. The summed E-state index contributed by atoms with van der Waals surface area (Å²) in [4.78, 5) is 38.1. The lowest BCUT2D eigenvalue weighted by atomic mass is 10.0. The largest absolute Gasteiger partial charge is 0.462 e. The van der Waals surface area contributed by atoms with Gasteiger partial charge in [0.15, 0.2) is 6.10 Å². The molecular formula is C62H104O6. The molecule has 68 heavy (non-hydrogen) atoms. The van der Waals surface area contributed by atoms with E-state index in [9.17, 15) is 14.4 Å². The van der Waals surface area contributed by atoms with Crippen LogP contribution in [0.1, 0.15) is 258 Å². The topological polar surface area (TPSA) is 78.9 Å². The van der Waals surface area contributed by atoms with Gasteiger partial charge in [-0.25, -0.2) is 0 Å². The molecule has 0 fully saturated rings. The van der Waals surface area contributed by atoms with Crippen LogP contribution < -0.4 is 0 Å². The molecule has 6 heteroatoms. The molecule has 0 aliphatic heterocycles. The summed E-state index contributed by atoms with van der Waals surface area (Å²) in [6.07, 6.45) is 73.9. The molecule has 0 amide bonds. The first kappa shape index (κ1) is 64.3. The van der Waals surface area contributed by atoms with Crippen molar-refractivity contribution >= 4 is 17.9 Å². The van der Waals surface area contributed by atoms with E-state index < -0.39 is 6.10 Å². The Labute approximate surface area is 419 Å². The van der Waals surface area contributed by atoms with E-state index in [4.69, 9.17) is 14.2 Å². The van der Waals surface area contributed by atoms with Gasteiger partial charge in [-0.05, 0) is 109 Å². The monoisotopic (exact) mass is 945 g/mol. The molecule has 6 nitrogen and oxygen atoms in total. The summed E-state index contributed by atoms with van der Waals surface area (Å²) in [5, 5.41) is 0. The van der Waals surface area contributed by atoms with E-state index >= 15 is 0 Å². The second-order valence-corrected chi connectivity index (χ2v) is 18.5. The zero-order valence-corrected chi connectivity index (χ0v) is 44.3. The summed E-state index contributed by atoms with van der Waals surface area (Å²) in [6.45, 7) is 6.53. The maximum absolute atomic E-state index is 12.8. The molecule has 1 atom stereocenters. The second kappa shape index (κ2) is 55.9. The number of ether oxygens (including phenoxy) is 3. The van der Waals surface area contributed by atoms with Crippen molar-refractivity contribution in [1.82, 2.24) is 0 Å². The maximum atomic E-state index is 12.8. The van der Waals surface area contributed by atoms with E-state index in [1.807, 2.05) is 0 Å². The predicted molar refractivity (Wildman–Crippen MR) is 293 cm³/mol. The number of carbonyl (C=O) groups is 3. The van der Waals surface area contributed by atoms with Crippen LogP contribution in [0.4, 0.5) is 0 Å². The normalized spacial score (nSPS) is 12.8. The fraction of sp³-hybridized carbons (Fsp3) is 0.694. The summed E-state index contributed by atoms with van der Waals surface area (Å²) in [5.41, 5.74) is 0. The van der Waals surface area contributed by atoms with Gasteiger partial charge >= 0.3 is 17.9 Å². The third-order valence-corrected chi connectivity index (χ3v) is 11.8. The van der Waals surface area contributed by atoms with Crippen molar-refractivity contribution in [1.29, 1.82) is 0 Å². The Kier molecular flexibility index (Phi) is 52.9. The summed E-state index contributed by atoms with van der Waals surface area (Å²) >= 11 is 0. The molecule has 0 radical (unpaired) electrons. The van der Waals surface area contributed by atoms with Gasteiger partial charge in [0.05, 0.1) is 0 Å². The number of hydrogen-bond donors (Lipinski definition) is 0. The smallest absolute Gasteiger partial charge is 0.306 e. The van der Waals surface area contributed by atoms with Crippen LogP contribution in [0.15, 0.2) is 97.2 Å². The summed E-state index contributed by atoms with van der Waals surface area (Å²) < 4.78 is 16.8. The lowest BCUT2D eigenvalue weighted by molar-refractivity contribution is -0.167. The zero-order valence-electron chi connectivity index (χ0n) is 44.3. The van der Waals surface area contributed by atoms with E-state index in [0.717, 1.165) is 109 Å². The third-order valence-electron chi connectivity index (χ3n) is 11.8. The van der Waals surface area contributed by atoms with E-state index in [0.29, 0.717) is 12.8 Å². The molecule has 0 aliphatic carbocycles. The number of rotatable bonds is 50. The Hall–Kier alpha value is -3.67. The highest BCUT2D eigenvalue weighted by Crippen LogP contribution is 2.14. The summed E-state index contributed by atoms with van der Waals surface area (Å²) in [6, 6.07) is 0. The fourth-order valence-electron chi connectivity index (χ4n) is 7.53. The molecule has 0 aliphatic rings. The van der Waals surface area contributed by atoms with Gasteiger partial charge in [-0.1, -0.05) is 227 Å². The molecule has 0 spiro atoms. The Morgan fingerprint density at radius 1 is 0.294 bits per heavy atom. The van der Waals surface area contributed by atoms with Crippen LogP contribution >= 0.6 is 0 Å². The number of carbonyl (C=O) groups excluding carboxylic acids is 3. The van der Waals surface area contributed by atoms with Crippen LogP contribution in [0.2, 0.25) is 0 Å². The van der Waals surface area contributed by atoms with Crippen LogP contribution in [-0.4, -0.2) is 37.2 Å². The molecule has 0 aromatic heterocycles. The molecule has 0 aromatic carbocycles. The average molecular weight is 946 g/mol. The molecule has 0 saturated carbocycles. The number of hydrogen-bond acceptors (Lipinski definition) is 6. The van der Waals surface area contributed by atoms with Crippen LogP contribution in [0, 0.1) is 0 Å². The SMILES string of the molecule is CCCCC/C=C\C/C=C\C/C=C\C/C=C\CCCCCC(=O)OC[C@@H](COC(=O)CCCCCCCCCCCCCC)OC(=O)CCCCC/C=C\C/C=C\C/C=C\C/C=C\CCCCC. The van der Waals surface area contributed by atoms with Crippen molar-refractivity contribution < 1.29 is 28.6 Å². The Bertz CT molecular complexity index is 1360. The highest BCUT2D eigenvalue weighted by atomic mass is 16.6. The number of esters is 3. The first-order chi connectivity index (χ1) is 33.5. The van der Waals surface area contributed by atoms with Crippen LogP contribution in [0.3, 0.4) is 0 Å². The van der Waals surface area contributed by atoms with Crippen LogP contribution in [-0.2, 0) is 28.6 Å². The Morgan fingerprint density at radius 2 is 0.529 bits per heavy atom. The molecule has 0 bridgehead atoms. The second-order valence-electron chi connectivity index (χ2n) is 18.5. The van der Waals surface area contributed by atoms with Gasteiger partial charge in [0, 0.05) is 19.3 Å². The van der Waals surface area contributed by atoms with Gasteiger partial charge in [-0.2, -0.15) is 0 Å². The van der Waals surface area contributed by atoms with Crippen LogP contribution in [0.25, 0.3) is 0 Å². The first-order valence-corrected chi connectivity index (χ1v) is 28.2. The van der Waals surface area contributed by atoms with Crippen molar-refractivity contribution in [2.24, 2.45) is 0 Å². The standard InChI is InChI=1S/C62H104O6/c1-4-7-10-13-16-19-22-25-27-29-31-33-35-37-40-43-46-49-52-55-61(64)67-58-59(57-66-60(63)54-51-48-45-42-39-24-21-18-15-12-9-6-3)68-62(65)56-53-50-47-44-41-38-36-34-32-30-28-26-23-20-17-14-11-8-5-2/h16-17,19-20,25-28,31-34,37-38,40-41,59H,4-15,18,21-24,29-30,35-36,39,42-58H2,1-3H3/b19-16-,20-17-,27-25-,28-26-,33-31-,34-32-,40-37-,41-38-/t59-/m1/s1. The summed E-state index contributed by atoms with van der Waals surface area (Å²) in [5.74, 6) is -0.962. The minimum absolute atomic E-state index is 0.0999. The van der Waals surface area contributed by atoms with Gasteiger partial charge < -0.3 is 14.2 Å². The quantitative estimate of drug-likeness (QED) is 0.0262. The molecule has 388 valence electrons. The number of allylic oxidation sites excluding steroid dienone is 16. The average Bonchev–Trinajstić information content (AvgIpc) is 3.34. The van der Waals surface area contributed by atoms with E-state index in [2.05, 4.69) is 118 Å². The maximum Gasteiger partial charge on any atom is 0.306 e. The van der Waals surface area contributed by atoms with Gasteiger partial charge in [0.1, 0.15) is 13.2 Å². The molecular weight excluding hydrogens is 841 g/mol. The molecule has 0 heterocycles. The van der Waals surface area contributed by atoms with E-state index in [-0.39, 0.29) is 37.5 Å². The first-order valence-electron chi connectivity index (χ1n) is 28.2. The van der Waals surface area contributed by atoms with Gasteiger partial charge in [0.2, 0.25) is 0 Å². The van der Waals surface area contributed by atoms with E-state index in [1.54, 1.807) is 0 Å². The van der Waals surface area contributed by atoms with Crippen molar-refractivity contribution in [3.8, 4) is 0 Å². The highest BCUT2D eigenvalue weighted by molar-refractivity contribution is 5.71. The molecule has 0 rings (SSSR count). The van der Waals surface area contributed by atoms with Gasteiger partial charge in [-0.15, -0.1) is 0 Å². The van der Waals surface area contributed by atoms with Crippen LogP contribution in [0.5, 0.6) is 0 Å².